The number of benzene rings is 1. The quantitative estimate of drug-likeness (QED) is 0.735. The molecule has 1 amide bonds. The number of nitrogens with zero attached hydrogens (tertiary/aromatic N) is 1. The van der Waals surface area contributed by atoms with E-state index in [0.717, 1.165) is 12.8 Å². The Hall–Kier alpha value is -2.22. The van der Waals surface area contributed by atoms with Gasteiger partial charge in [0.25, 0.3) is 0 Å². The van der Waals surface area contributed by atoms with Crippen molar-refractivity contribution in [2.45, 2.75) is 19.8 Å². The van der Waals surface area contributed by atoms with Crippen molar-refractivity contribution >= 4 is 11.6 Å². The predicted molar refractivity (Wildman–Crippen MR) is 74.1 cm³/mol. The van der Waals surface area contributed by atoms with E-state index < -0.39 is 0 Å². The number of rotatable bonds is 7. The summed E-state index contributed by atoms with van der Waals surface area (Å²) >= 11 is 0. The second-order valence-corrected chi connectivity index (χ2v) is 4.08. The van der Waals surface area contributed by atoms with Crippen LogP contribution in [0.4, 0.5) is 5.69 Å². The molecule has 102 valence electrons. The average molecular weight is 261 g/mol. The third-order valence-corrected chi connectivity index (χ3v) is 2.62. The van der Waals surface area contributed by atoms with Gasteiger partial charge in [-0.3, -0.25) is 4.79 Å². The van der Waals surface area contributed by atoms with E-state index in [1.807, 2.05) is 6.07 Å². The summed E-state index contributed by atoms with van der Waals surface area (Å²) < 4.78 is 5.17. The Balaban J connectivity index is 2.53. The first-order chi connectivity index (χ1) is 9.21. The molecule has 0 aliphatic heterocycles. The van der Waals surface area contributed by atoms with Crippen molar-refractivity contribution in [3.63, 3.8) is 0 Å². The van der Waals surface area contributed by atoms with Gasteiger partial charge < -0.3 is 15.4 Å². The molecule has 0 spiro atoms. The topological polar surface area (TPSA) is 74.2 Å². The fourth-order valence-electron chi connectivity index (χ4n) is 1.55. The van der Waals surface area contributed by atoms with Crippen LogP contribution in [0, 0.1) is 11.3 Å². The van der Waals surface area contributed by atoms with E-state index in [9.17, 15) is 4.79 Å². The van der Waals surface area contributed by atoms with E-state index in [2.05, 4.69) is 17.6 Å². The van der Waals surface area contributed by atoms with Crippen LogP contribution < -0.4 is 15.4 Å². The minimum Gasteiger partial charge on any atom is -0.495 e. The lowest BCUT2D eigenvalue weighted by atomic mass is 10.2. The Bertz CT molecular complexity index is 466. The van der Waals surface area contributed by atoms with Crippen LogP contribution in [0.25, 0.3) is 0 Å². The van der Waals surface area contributed by atoms with Gasteiger partial charge in [0.05, 0.1) is 31.0 Å². The standard InChI is InChI=1S/C14H19N3O2/c1-3-4-7-16-14(18)10-17-12-6-5-11(9-15)8-13(12)19-2/h5-6,8,17H,3-4,7,10H2,1-2H3,(H,16,18). The first-order valence-electron chi connectivity index (χ1n) is 6.30. The molecule has 0 unspecified atom stereocenters. The van der Waals surface area contributed by atoms with Crippen molar-refractivity contribution in [3.8, 4) is 11.8 Å². The van der Waals surface area contributed by atoms with Crippen LogP contribution in [0.1, 0.15) is 25.3 Å². The fourth-order valence-corrected chi connectivity index (χ4v) is 1.55. The Labute approximate surface area is 113 Å². The number of methoxy groups -OCH3 is 1. The fraction of sp³-hybridized carbons (Fsp3) is 0.429. The second-order valence-electron chi connectivity index (χ2n) is 4.08. The van der Waals surface area contributed by atoms with Crippen LogP contribution in [0.5, 0.6) is 5.75 Å². The molecule has 5 heteroatoms. The summed E-state index contributed by atoms with van der Waals surface area (Å²) in [7, 11) is 1.53. The monoisotopic (exact) mass is 261 g/mol. The second kappa shape index (κ2) is 7.98. The van der Waals surface area contributed by atoms with Gasteiger partial charge in [-0.15, -0.1) is 0 Å². The number of ether oxygens (including phenoxy) is 1. The van der Waals surface area contributed by atoms with Crippen LogP contribution in [0.2, 0.25) is 0 Å². The van der Waals surface area contributed by atoms with Crippen LogP contribution in [-0.2, 0) is 4.79 Å². The maximum atomic E-state index is 11.5. The Morgan fingerprint density at radius 2 is 2.26 bits per heavy atom. The molecule has 0 saturated carbocycles. The zero-order valence-electron chi connectivity index (χ0n) is 11.3. The third-order valence-electron chi connectivity index (χ3n) is 2.62. The molecule has 1 aromatic rings. The Morgan fingerprint density at radius 3 is 2.89 bits per heavy atom. The summed E-state index contributed by atoms with van der Waals surface area (Å²) in [6.45, 7) is 2.96. The zero-order valence-corrected chi connectivity index (χ0v) is 11.3. The molecule has 0 atom stereocenters. The smallest absolute Gasteiger partial charge is 0.239 e. The molecule has 0 fully saturated rings. The summed E-state index contributed by atoms with van der Waals surface area (Å²) in [6, 6.07) is 7.09. The average Bonchev–Trinajstić information content (AvgIpc) is 2.45. The highest BCUT2D eigenvalue weighted by Crippen LogP contribution is 2.24. The van der Waals surface area contributed by atoms with Crippen molar-refractivity contribution in [1.29, 1.82) is 5.26 Å². The molecule has 0 heterocycles. The largest absolute Gasteiger partial charge is 0.495 e. The van der Waals surface area contributed by atoms with Gasteiger partial charge in [0.1, 0.15) is 5.75 Å². The molecule has 0 aliphatic rings. The maximum Gasteiger partial charge on any atom is 0.239 e. The van der Waals surface area contributed by atoms with Gasteiger partial charge in [-0.25, -0.2) is 0 Å². The van der Waals surface area contributed by atoms with Crippen molar-refractivity contribution < 1.29 is 9.53 Å². The van der Waals surface area contributed by atoms with Gasteiger partial charge >= 0.3 is 0 Å². The van der Waals surface area contributed by atoms with Crippen LogP contribution in [-0.4, -0.2) is 26.1 Å². The summed E-state index contributed by atoms with van der Waals surface area (Å²) in [5.74, 6) is 0.500. The normalized spacial score (nSPS) is 9.53. The summed E-state index contributed by atoms with van der Waals surface area (Å²) in [6.07, 6.45) is 2.03. The lowest BCUT2D eigenvalue weighted by Gasteiger charge is -2.11. The molecule has 0 aliphatic carbocycles. The summed E-state index contributed by atoms with van der Waals surface area (Å²) in [5.41, 5.74) is 1.22. The molecule has 1 aromatic carbocycles. The number of carbonyl (C=O) groups excluding carboxylic acids is 1. The SMILES string of the molecule is CCCCNC(=O)CNc1ccc(C#N)cc1OC. The first kappa shape index (κ1) is 14.8. The van der Waals surface area contributed by atoms with E-state index in [1.165, 1.54) is 7.11 Å². The van der Waals surface area contributed by atoms with Crippen molar-refractivity contribution in [1.82, 2.24) is 5.32 Å². The lowest BCUT2D eigenvalue weighted by molar-refractivity contribution is -0.119. The number of nitriles is 1. The maximum absolute atomic E-state index is 11.5. The highest BCUT2D eigenvalue weighted by atomic mass is 16.5. The van der Waals surface area contributed by atoms with Gasteiger partial charge in [-0.1, -0.05) is 13.3 Å². The Kier molecular flexibility index (Phi) is 6.23. The van der Waals surface area contributed by atoms with E-state index in [0.29, 0.717) is 23.5 Å². The van der Waals surface area contributed by atoms with E-state index in [1.54, 1.807) is 18.2 Å². The number of hydrogen-bond acceptors (Lipinski definition) is 4. The van der Waals surface area contributed by atoms with E-state index in [4.69, 9.17) is 10.00 Å². The highest BCUT2D eigenvalue weighted by Gasteiger charge is 2.06. The first-order valence-corrected chi connectivity index (χ1v) is 6.30. The van der Waals surface area contributed by atoms with E-state index >= 15 is 0 Å². The summed E-state index contributed by atoms with van der Waals surface area (Å²) in [4.78, 5) is 11.5. The Morgan fingerprint density at radius 1 is 1.47 bits per heavy atom. The zero-order chi connectivity index (χ0) is 14.1. The molecule has 0 bridgehead atoms. The molecule has 1 rings (SSSR count). The third kappa shape index (κ3) is 4.88. The molecule has 19 heavy (non-hydrogen) atoms. The van der Waals surface area contributed by atoms with Crippen molar-refractivity contribution in [2.75, 3.05) is 25.5 Å². The molecular weight excluding hydrogens is 242 g/mol. The number of carbonyl (C=O) groups is 1. The van der Waals surface area contributed by atoms with Gasteiger partial charge in [-0.2, -0.15) is 5.26 Å². The van der Waals surface area contributed by atoms with Gasteiger partial charge in [-0.05, 0) is 18.6 Å². The molecule has 0 radical (unpaired) electrons. The number of unbranched alkanes of at least 4 members (excludes halogenated alkanes) is 1. The molecule has 2 N–H and O–H groups in total. The minimum absolute atomic E-state index is 0.0557. The van der Waals surface area contributed by atoms with Crippen molar-refractivity contribution in [3.05, 3.63) is 23.8 Å². The van der Waals surface area contributed by atoms with Crippen LogP contribution in [0.15, 0.2) is 18.2 Å². The number of anilines is 1. The predicted octanol–water partition coefficient (Wildman–Crippen LogP) is 1.90. The minimum atomic E-state index is -0.0557. The molecular formula is C14H19N3O2. The number of nitrogens with one attached hydrogen (secondary N) is 2. The summed E-state index contributed by atoms with van der Waals surface area (Å²) in [5, 5.41) is 14.6. The highest BCUT2D eigenvalue weighted by molar-refractivity contribution is 5.81. The number of amides is 1. The lowest BCUT2D eigenvalue weighted by Crippen LogP contribution is -2.30. The molecule has 0 saturated heterocycles. The van der Waals surface area contributed by atoms with E-state index in [-0.39, 0.29) is 12.5 Å². The van der Waals surface area contributed by atoms with Gasteiger partial charge in [0.2, 0.25) is 5.91 Å². The van der Waals surface area contributed by atoms with Crippen LogP contribution in [0.3, 0.4) is 0 Å². The molecule has 0 aromatic heterocycles. The van der Waals surface area contributed by atoms with Gasteiger partial charge in [0, 0.05) is 12.6 Å². The van der Waals surface area contributed by atoms with Crippen LogP contribution >= 0.6 is 0 Å². The molecule has 5 nitrogen and oxygen atoms in total. The number of hydrogen-bond donors (Lipinski definition) is 2. The van der Waals surface area contributed by atoms with Gasteiger partial charge in [0.15, 0.2) is 0 Å². The van der Waals surface area contributed by atoms with Crippen molar-refractivity contribution in [2.24, 2.45) is 0 Å².